The largest absolute Gasteiger partial charge is 0.480 e. The predicted molar refractivity (Wildman–Crippen MR) is 68.8 cm³/mol. The van der Waals surface area contributed by atoms with E-state index in [1.807, 2.05) is 6.92 Å². The van der Waals surface area contributed by atoms with Crippen molar-refractivity contribution in [2.75, 3.05) is 0 Å². The van der Waals surface area contributed by atoms with Crippen molar-refractivity contribution in [1.29, 1.82) is 0 Å². The Balaban J connectivity index is 2.47. The van der Waals surface area contributed by atoms with E-state index < -0.39 is 30.0 Å². The van der Waals surface area contributed by atoms with E-state index in [1.54, 1.807) is 0 Å². The number of rotatable bonds is 6. The van der Waals surface area contributed by atoms with Crippen molar-refractivity contribution in [3.63, 3.8) is 0 Å². The number of nitrogens with one attached hydrogen (secondary N) is 3. The van der Waals surface area contributed by atoms with Gasteiger partial charge < -0.3 is 15.7 Å². The molecular formula is C12H19N3O5. The minimum atomic E-state index is -1.11. The fraction of sp³-hybridized carbons (Fsp3) is 0.667. The lowest BCUT2D eigenvalue weighted by Gasteiger charge is -2.23. The zero-order valence-corrected chi connectivity index (χ0v) is 11.3. The van der Waals surface area contributed by atoms with Crippen LogP contribution in [0.3, 0.4) is 0 Å². The Morgan fingerprint density at radius 1 is 1.45 bits per heavy atom. The second-order valence-electron chi connectivity index (χ2n) is 4.65. The Morgan fingerprint density at radius 2 is 2.15 bits per heavy atom. The summed E-state index contributed by atoms with van der Waals surface area (Å²) in [6.45, 7) is 1.92. The van der Waals surface area contributed by atoms with Crippen molar-refractivity contribution in [3.05, 3.63) is 0 Å². The average Bonchev–Trinajstić information content (AvgIpc) is 2.37. The summed E-state index contributed by atoms with van der Waals surface area (Å²) in [7, 11) is 0. The van der Waals surface area contributed by atoms with Crippen LogP contribution in [0.4, 0.5) is 4.79 Å². The van der Waals surface area contributed by atoms with E-state index in [9.17, 15) is 19.2 Å². The third-order valence-corrected chi connectivity index (χ3v) is 2.99. The third kappa shape index (κ3) is 4.87. The smallest absolute Gasteiger partial charge is 0.326 e. The van der Waals surface area contributed by atoms with Crippen molar-refractivity contribution < 1.29 is 24.3 Å². The van der Waals surface area contributed by atoms with Crippen LogP contribution in [-0.2, 0) is 14.4 Å². The summed E-state index contributed by atoms with van der Waals surface area (Å²) in [4.78, 5) is 45.0. The van der Waals surface area contributed by atoms with Crippen molar-refractivity contribution in [2.24, 2.45) is 0 Å². The van der Waals surface area contributed by atoms with Gasteiger partial charge >= 0.3 is 12.0 Å². The molecule has 0 spiro atoms. The first-order valence-corrected chi connectivity index (χ1v) is 6.57. The number of urea groups is 1. The van der Waals surface area contributed by atoms with Crippen LogP contribution in [-0.4, -0.2) is 41.0 Å². The number of hydrogen-bond donors (Lipinski definition) is 4. The second kappa shape index (κ2) is 7.46. The molecule has 2 unspecified atom stereocenters. The number of imide groups is 1. The summed E-state index contributed by atoms with van der Waals surface area (Å²) in [5.41, 5.74) is 0. The van der Waals surface area contributed by atoms with E-state index in [1.165, 1.54) is 0 Å². The molecule has 1 saturated heterocycles. The standard InChI is InChI=1S/C12H19N3O5/c1-2-3-4-8(11(18)19)14-12(20)13-7-5-6-9(16)15-10(7)17/h7-8H,2-6H2,1H3,(H,18,19)(H2,13,14,20)(H,15,16,17). The van der Waals surface area contributed by atoms with E-state index in [-0.39, 0.29) is 18.7 Å². The average molecular weight is 285 g/mol. The van der Waals surface area contributed by atoms with Gasteiger partial charge in [0.05, 0.1) is 0 Å². The first-order chi connectivity index (χ1) is 9.43. The molecule has 0 bridgehead atoms. The number of carbonyl (C=O) groups excluding carboxylic acids is 3. The Morgan fingerprint density at radius 3 is 2.70 bits per heavy atom. The topological polar surface area (TPSA) is 125 Å². The quantitative estimate of drug-likeness (QED) is 0.500. The van der Waals surface area contributed by atoms with Gasteiger partial charge in [-0.25, -0.2) is 9.59 Å². The maximum Gasteiger partial charge on any atom is 0.326 e. The molecule has 1 aliphatic heterocycles. The summed E-state index contributed by atoms with van der Waals surface area (Å²) in [6, 6.07) is -2.51. The fourth-order valence-corrected chi connectivity index (χ4v) is 1.86. The van der Waals surface area contributed by atoms with Crippen molar-refractivity contribution in [1.82, 2.24) is 16.0 Å². The van der Waals surface area contributed by atoms with Gasteiger partial charge in [-0.1, -0.05) is 19.8 Å². The molecule has 0 aromatic heterocycles. The van der Waals surface area contributed by atoms with Gasteiger partial charge in [0.1, 0.15) is 12.1 Å². The zero-order chi connectivity index (χ0) is 15.1. The SMILES string of the molecule is CCCCC(NC(=O)NC1CCC(=O)NC1=O)C(=O)O. The summed E-state index contributed by atoms with van der Waals surface area (Å²) >= 11 is 0. The lowest BCUT2D eigenvalue weighted by atomic mass is 10.1. The van der Waals surface area contributed by atoms with Gasteiger partial charge in [-0.2, -0.15) is 0 Å². The van der Waals surface area contributed by atoms with Crippen LogP contribution >= 0.6 is 0 Å². The molecule has 20 heavy (non-hydrogen) atoms. The van der Waals surface area contributed by atoms with Gasteiger partial charge in [-0.3, -0.25) is 14.9 Å². The molecule has 0 saturated carbocycles. The first-order valence-electron chi connectivity index (χ1n) is 6.57. The van der Waals surface area contributed by atoms with Crippen LogP contribution in [0.5, 0.6) is 0 Å². The minimum absolute atomic E-state index is 0.148. The molecule has 8 heteroatoms. The van der Waals surface area contributed by atoms with Gasteiger partial charge in [0.15, 0.2) is 0 Å². The van der Waals surface area contributed by atoms with E-state index in [0.717, 1.165) is 6.42 Å². The van der Waals surface area contributed by atoms with Gasteiger partial charge in [-0.15, -0.1) is 0 Å². The van der Waals surface area contributed by atoms with Crippen molar-refractivity contribution in [3.8, 4) is 0 Å². The highest BCUT2D eigenvalue weighted by Gasteiger charge is 2.29. The Hall–Kier alpha value is -2.12. The Kier molecular flexibility index (Phi) is 5.95. The maximum atomic E-state index is 11.7. The van der Waals surface area contributed by atoms with E-state index in [2.05, 4.69) is 16.0 Å². The molecule has 8 nitrogen and oxygen atoms in total. The molecule has 1 rings (SSSR count). The van der Waals surface area contributed by atoms with E-state index in [4.69, 9.17) is 5.11 Å². The monoisotopic (exact) mass is 285 g/mol. The van der Waals surface area contributed by atoms with Gasteiger partial charge in [0.2, 0.25) is 11.8 Å². The number of carboxylic acids is 1. The van der Waals surface area contributed by atoms with E-state index >= 15 is 0 Å². The summed E-state index contributed by atoms with van der Waals surface area (Å²) in [5.74, 6) is -2.06. The summed E-state index contributed by atoms with van der Waals surface area (Å²) in [6.07, 6.45) is 2.18. The van der Waals surface area contributed by atoms with Crippen molar-refractivity contribution in [2.45, 2.75) is 51.1 Å². The summed E-state index contributed by atoms with van der Waals surface area (Å²) < 4.78 is 0. The highest BCUT2D eigenvalue weighted by molar-refractivity contribution is 6.01. The highest BCUT2D eigenvalue weighted by Crippen LogP contribution is 2.05. The Labute approximate surface area is 116 Å². The molecule has 0 radical (unpaired) electrons. The molecular weight excluding hydrogens is 266 g/mol. The molecule has 4 N–H and O–H groups in total. The third-order valence-electron chi connectivity index (χ3n) is 2.99. The van der Waals surface area contributed by atoms with Crippen LogP contribution < -0.4 is 16.0 Å². The van der Waals surface area contributed by atoms with Gasteiger partial charge in [0.25, 0.3) is 0 Å². The van der Waals surface area contributed by atoms with Crippen LogP contribution in [0.15, 0.2) is 0 Å². The number of amides is 4. The molecule has 2 atom stereocenters. The Bertz CT molecular complexity index is 410. The van der Waals surface area contributed by atoms with Crippen LogP contribution in [0, 0.1) is 0 Å². The molecule has 112 valence electrons. The second-order valence-corrected chi connectivity index (χ2v) is 4.65. The number of piperidine rings is 1. The van der Waals surface area contributed by atoms with Crippen LogP contribution in [0.25, 0.3) is 0 Å². The fourth-order valence-electron chi connectivity index (χ4n) is 1.86. The van der Waals surface area contributed by atoms with Gasteiger partial charge in [0, 0.05) is 6.42 Å². The lowest BCUT2D eigenvalue weighted by Crippen LogP contribution is -2.56. The number of carboxylic acid groups (broad SMARTS) is 1. The summed E-state index contributed by atoms with van der Waals surface area (Å²) in [5, 5.41) is 15.8. The first kappa shape index (κ1) is 15.9. The maximum absolute atomic E-state index is 11.7. The lowest BCUT2D eigenvalue weighted by molar-refractivity contribution is -0.139. The molecule has 0 aromatic rings. The predicted octanol–water partition coefficient (Wildman–Crippen LogP) is -0.266. The molecule has 4 amide bonds. The number of hydrogen-bond acceptors (Lipinski definition) is 4. The van der Waals surface area contributed by atoms with Crippen molar-refractivity contribution >= 4 is 23.8 Å². The normalized spacial score (nSPS) is 19.9. The highest BCUT2D eigenvalue weighted by atomic mass is 16.4. The molecule has 1 heterocycles. The molecule has 1 fully saturated rings. The zero-order valence-electron chi connectivity index (χ0n) is 11.3. The van der Waals surface area contributed by atoms with Crippen LogP contribution in [0.1, 0.15) is 39.0 Å². The van der Waals surface area contributed by atoms with Crippen LogP contribution in [0.2, 0.25) is 0 Å². The minimum Gasteiger partial charge on any atom is -0.480 e. The molecule has 1 aliphatic rings. The molecule has 0 aliphatic carbocycles. The molecule has 0 aromatic carbocycles. The van der Waals surface area contributed by atoms with E-state index in [0.29, 0.717) is 12.8 Å². The number of unbranched alkanes of at least 4 members (excludes halogenated alkanes) is 1. The van der Waals surface area contributed by atoms with Gasteiger partial charge in [-0.05, 0) is 12.8 Å². The number of carbonyl (C=O) groups is 4. The number of aliphatic carboxylic acids is 1.